The quantitative estimate of drug-likeness (QED) is 0.439. The number of carbonyl (C=O) groups excluding carboxylic acids is 1. The highest BCUT2D eigenvalue weighted by Crippen LogP contribution is 2.15. The Hall–Kier alpha value is -1.31. The Morgan fingerprint density at radius 2 is 1.93 bits per heavy atom. The summed E-state index contributed by atoms with van der Waals surface area (Å²) >= 11 is 0. The third-order valence-corrected chi connectivity index (χ3v) is 2.52. The van der Waals surface area contributed by atoms with E-state index in [2.05, 4.69) is 6.92 Å². The summed E-state index contributed by atoms with van der Waals surface area (Å²) in [7, 11) is 0. The molecule has 0 aliphatic heterocycles. The molecule has 0 spiro atoms. The van der Waals surface area contributed by atoms with Gasteiger partial charge in [-0.2, -0.15) is 0 Å². The summed E-state index contributed by atoms with van der Waals surface area (Å²) in [6.07, 6.45) is 5.13. The minimum Gasteiger partial charge on any atom is -0.398 e. The van der Waals surface area contributed by atoms with Gasteiger partial charge in [0.15, 0.2) is 5.78 Å². The molecule has 2 heteroatoms. The van der Waals surface area contributed by atoms with Crippen LogP contribution in [0, 0.1) is 0 Å². The van der Waals surface area contributed by atoms with Crippen molar-refractivity contribution in [2.24, 2.45) is 0 Å². The molecule has 82 valence electrons. The van der Waals surface area contributed by atoms with Crippen molar-refractivity contribution >= 4 is 11.5 Å². The molecule has 0 radical (unpaired) electrons. The van der Waals surface area contributed by atoms with Gasteiger partial charge in [-0.15, -0.1) is 0 Å². The van der Waals surface area contributed by atoms with Crippen molar-refractivity contribution < 1.29 is 4.79 Å². The first-order valence-corrected chi connectivity index (χ1v) is 5.63. The number of Topliss-reactive ketones (excluding diaryl/α,β-unsaturated/α-hetero) is 1. The fourth-order valence-electron chi connectivity index (χ4n) is 1.60. The van der Waals surface area contributed by atoms with E-state index in [1.54, 1.807) is 12.1 Å². The average molecular weight is 205 g/mol. The third kappa shape index (κ3) is 3.74. The molecule has 0 heterocycles. The lowest BCUT2D eigenvalue weighted by atomic mass is 10.0. The normalized spacial score (nSPS) is 10.2. The van der Waals surface area contributed by atoms with Crippen LogP contribution >= 0.6 is 0 Å². The standard InChI is InChI=1S/C13H19NO/c1-2-3-4-5-10-13(15)11-8-6-7-9-12(11)14/h6-9H,2-5,10,14H2,1H3. The topological polar surface area (TPSA) is 43.1 Å². The van der Waals surface area contributed by atoms with E-state index in [1.807, 2.05) is 12.1 Å². The summed E-state index contributed by atoms with van der Waals surface area (Å²) in [5.41, 5.74) is 7.00. The van der Waals surface area contributed by atoms with Crippen LogP contribution in [-0.4, -0.2) is 5.78 Å². The number of nitrogen functional groups attached to an aromatic ring is 1. The second-order valence-electron chi connectivity index (χ2n) is 3.82. The van der Waals surface area contributed by atoms with Gasteiger partial charge in [-0.25, -0.2) is 0 Å². The summed E-state index contributed by atoms with van der Waals surface area (Å²) in [5, 5.41) is 0. The number of carbonyl (C=O) groups is 1. The molecule has 0 aliphatic carbocycles. The molecular formula is C13H19NO. The van der Waals surface area contributed by atoms with Crippen molar-refractivity contribution in [2.45, 2.75) is 39.0 Å². The van der Waals surface area contributed by atoms with E-state index in [0.29, 0.717) is 17.7 Å². The average Bonchev–Trinajstić information content (AvgIpc) is 2.25. The van der Waals surface area contributed by atoms with Gasteiger partial charge in [0.25, 0.3) is 0 Å². The smallest absolute Gasteiger partial charge is 0.164 e. The Labute approximate surface area is 91.5 Å². The first kappa shape index (κ1) is 11.8. The molecule has 1 aromatic rings. The number of ketones is 1. The minimum absolute atomic E-state index is 0.171. The highest BCUT2D eigenvalue weighted by atomic mass is 16.1. The lowest BCUT2D eigenvalue weighted by Crippen LogP contribution is -2.03. The summed E-state index contributed by atoms with van der Waals surface area (Å²) in [6.45, 7) is 2.16. The number of para-hydroxylation sites is 1. The molecule has 2 N–H and O–H groups in total. The Kier molecular flexibility index (Phi) is 4.88. The van der Waals surface area contributed by atoms with Gasteiger partial charge in [0.1, 0.15) is 0 Å². The number of unbranched alkanes of at least 4 members (excludes halogenated alkanes) is 3. The lowest BCUT2D eigenvalue weighted by Gasteiger charge is -2.03. The molecule has 0 saturated heterocycles. The third-order valence-electron chi connectivity index (χ3n) is 2.52. The van der Waals surface area contributed by atoms with Crippen molar-refractivity contribution in [3.05, 3.63) is 29.8 Å². The van der Waals surface area contributed by atoms with Crippen molar-refractivity contribution in [3.8, 4) is 0 Å². The van der Waals surface area contributed by atoms with E-state index in [0.717, 1.165) is 12.8 Å². The number of benzene rings is 1. The van der Waals surface area contributed by atoms with E-state index in [-0.39, 0.29) is 5.78 Å². The second-order valence-corrected chi connectivity index (χ2v) is 3.82. The molecule has 1 rings (SSSR count). The van der Waals surface area contributed by atoms with E-state index in [1.165, 1.54) is 12.8 Å². The maximum Gasteiger partial charge on any atom is 0.164 e. The van der Waals surface area contributed by atoms with Crippen molar-refractivity contribution in [3.63, 3.8) is 0 Å². The van der Waals surface area contributed by atoms with Crippen LogP contribution in [0.2, 0.25) is 0 Å². The molecule has 0 saturated carbocycles. The Morgan fingerprint density at radius 1 is 1.20 bits per heavy atom. The maximum atomic E-state index is 11.7. The van der Waals surface area contributed by atoms with Crippen molar-refractivity contribution in [2.75, 3.05) is 5.73 Å². The first-order valence-electron chi connectivity index (χ1n) is 5.63. The molecule has 0 aromatic heterocycles. The van der Waals surface area contributed by atoms with Crippen LogP contribution < -0.4 is 5.73 Å². The number of rotatable bonds is 6. The molecule has 0 fully saturated rings. The fourth-order valence-corrected chi connectivity index (χ4v) is 1.60. The molecule has 0 aliphatic rings. The zero-order valence-electron chi connectivity index (χ0n) is 9.33. The zero-order valence-corrected chi connectivity index (χ0v) is 9.33. The van der Waals surface area contributed by atoms with E-state index >= 15 is 0 Å². The molecule has 0 bridgehead atoms. The molecule has 1 aromatic carbocycles. The highest BCUT2D eigenvalue weighted by Gasteiger charge is 2.07. The molecule has 0 atom stereocenters. The number of anilines is 1. The van der Waals surface area contributed by atoms with E-state index in [9.17, 15) is 4.79 Å². The number of nitrogens with two attached hydrogens (primary N) is 1. The van der Waals surface area contributed by atoms with E-state index < -0.39 is 0 Å². The zero-order chi connectivity index (χ0) is 11.1. The molecule has 15 heavy (non-hydrogen) atoms. The number of hydrogen-bond donors (Lipinski definition) is 1. The highest BCUT2D eigenvalue weighted by molar-refractivity contribution is 6.00. The van der Waals surface area contributed by atoms with Crippen LogP contribution in [-0.2, 0) is 0 Å². The summed E-state index contributed by atoms with van der Waals surface area (Å²) in [4.78, 5) is 11.7. The molecular weight excluding hydrogens is 186 g/mol. The summed E-state index contributed by atoms with van der Waals surface area (Å²) in [6, 6.07) is 7.29. The van der Waals surface area contributed by atoms with Gasteiger partial charge in [-0.1, -0.05) is 38.3 Å². The van der Waals surface area contributed by atoms with Gasteiger partial charge in [0.05, 0.1) is 0 Å². The fraction of sp³-hybridized carbons (Fsp3) is 0.462. The van der Waals surface area contributed by atoms with Crippen molar-refractivity contribution in [1.29, 1.82) is 0 Å². The predicted octanol–water partition coefficient (Wildman–Crippen LogP) is 3.42. The minimum atomic E-state index is 0.171. The monoisotopic (exact) mass is 205 g/mol. The molecule has 2 nitrogen and oxygen atoms in total. The predicted molar refractivity (Wildman–Crippen MR) is 63.9 cm³/mol. The van der Waals surface area contributed by atoms with Gasteiger partial charge < -0.3 is 5.73 Å². The van der Waals surface area contributed by atoms with Crippen LogP contribution in [0.3, 0.4) is 0 Å². The summed E-state index contributed by atoms with van der Waals surface area (Å²) < 4.78 is 0. The second kappa shape index (κ2) is 6.23. The van der Waals surface area contributed by atoms with Gasteiger partial charge in [0.2, 0.25) is 0 Å². The van der Waals surface area contributed by atoms with Crippen LogP contribution in [0.25, 0.3) is 0 Å². The van der Waals surface area contributed by atoms with Crippen molar-refractivity contribution in [1.82, 2.24) is 0 Å². The van der Waals surface area contributed by atoms with Crippen LogP contribution in [0.15, 0.2) is 24.3 Å². The Bertz CT molecular complexity index is 320. The lowest BCUT2D eigenvalue weighted by molar-refractivity contribution is 0.0980. The van der Waals surface area contributed by atoms with Crippen LogP contribution in [0.5, 0.6) is 0 Å². The van der Waals surface area contributed by atoms with Gasteiger partial charge in [-0.3, -0.25) is 4.79 Å². The molecule has 0 amide bonds. The van der Waals surface area contributed by atoms with Crippen LogP contribution in [0.1, 0.15) is 49.4 Å². The number of hydrogen-bond acceptors (Lipinski definition) is 2. The maximum absolute atomic E-state index is 11.7. The summed E-state index contributed by atoms with van der Waals surface area (Å²) in [5.74, 6) is 0.171. The Morgan fingerprint density at radius 3 is 2.60 bits per heavy atom. The first-order chi connectivity index (χ1) is 7.25. The van der Waals surface area contributed by atoms with E-state index in [4.69, 9.17) is 5.73 Å². The van der Waals surface area contributed by atoms with Gasteiger partial charge in [-0.05, 0) is 18.6 Å². The molecule has 0 unspecified atom stereocenters. The van der Waals surface area contributed by atoms with Gasteiger partial charge in [0, 0.05) is 17.7 Å². The largest absolute Gasteiger partial charge is 0.398 e. The van der Waals surface area contributed by atoms with Gasteiger partial charge >= 0.3 is 0 Å². The Balaban J connectivity index is 2.44. The van der Waals surface area contributed by atoms with Crippen LogP contribution in [0.4, 0.5) is 5.69 Å². The SMILES string of the molecule is CCCCCCC(=O)c1ccccc1N.